The summed E-state index contributed by atoms with van der Waals surface area (Å²) in [6.07, 6.45) is 10.1. The van der Waals surface area contributed by atoms with Gasteiger partial charge in [0.2, 0.25) is 12.0 Å². The number of ether oxygens (including phenoxy) is 1. The van der Waals surface area contributed by atoms with Crippen molar-refractivity contribution in [2.24, 2.45) is 5.92 Å². The van der Waals surface area contributed by atoms with Crippen LogP contribution in [0.5, 0.6) is 0 Å². The van der Waals surface area contributed by atoms with Crippen LogP contribution in [0.25, 0.3) is 5.82 Å². The van der Waals surface area contributed by atoms with Crippen LogP contribution in [0, 0.1) is 11.1 Å². The number of amides is 1. The first-order chi connectivity index (χ1) is 12.6. The van der Waals surface area contributed by atoms with Crippen LogP contribution in [0.1, 0.15) is 60.0 Å². The van der Waals surface area contributed by atoms with Crippen molar-refractivity contribution in [2.45, 2.75) is 56.3 Å². The molecule has 1 saturated heterocycles. The van der Waals surface area contributed by atoms with Crippen molar-refractivity contribution in [1.29, 1.82) is 0 Å². The van der Waals surface area contributed by atoms with Gasteiger partial charge < -0.3 is 15.3 Å². The molecule has 2 aliphatic heterocycles. The third-order valence-corrected chi connectivity index (χ3v) is 6.38. The van der Waals surface area contributed by atoms with Gasteiger partial charge in [0, 0.05) is 17.5 Å². The monoisotopic (exact) mass is 353 g/mol. The lowest BCUT2D eigenvalue weighted by molar-refractivity contribution is -0.605. The molecule has 2 aromatic rings. The second-order valence-electron chi connectivity index (χ2n) is 8.14. The third kappa shape index (κ3) is 1.93. The van der Waals surface area contributed by atoms with E-state index in [9.17, 15) is 10.0 Å². The highest BCUT2D eigenvalue weighted by Gasteiger charge is 2.57. The Labute approximate surface area is 149 Å². The summed E-state index contributed by atoms with van der Waals surface area (Å²) in [5, 5.41) is 19.5. The summed E-state index contributed by atoms with van der Waals surface area (Å²) in [5.41, 5.74) is 2.30. The number of hydrogen-bond donors (Lipinski definition) is 1. The van der Waals surface area contributed by atoms with Gasteiger partial charge in [-0.05, 0) is 38.0 Å². The predicted molar refractivity (Wildman–Crippen MR) is 88.4 cm³/mol. The van der Waals surface area contributed by atoms with Crippen LogP contribution in [0.15, 0.2) is 18.6 Å². The maximum absolute atomic E-state index is 13.0. The number of rotatable bonds is 3. The molecule has 0 radical (unpaired) electrons. The van der Waals surface area contributed by atoms with Crippen LogP contribution >= 0.6 is 0 Å². The summed E-state index contributed by atoms with van der Waals surface area (Å²) >= 11 is 0. The Balaban J connectivity index is 1.45. The van der Waals surface area contributed by atoms with Crippen molar-refractivity contribution < 1.29 is 14.3 Å². The summed E-state index contributed by atoms with van der Waals surface area (Å²) in [7, 11) is 0. The highest BCUT2D eigenvalue weighted by Crippen LogP contribution is 2.57. The van der Waals surface area contributed by atoms with Crippen molar-refractivity contribution in [3.63, 3.8) is 0 Å². The SMILES string of the molecule is O=C(NC12CC(C1)C2)c1nn(-c2c[n+]([O-])ccn2)c2c1CC1CCC2O1. The molecule has 7 rings (SSSR count). The molecule has 3 saturated carbocycles. The summed E-state index contributed by atoms with van der Waals surface area (Å²) < 4.78 is 8.37. The van der Waals surface area contributed by atoms with Crippen molar-refractivity contribution in [2.75, 3.05) is 0 Å². The molecule has 8 heteroatoms. The largest absolute Gasteiger partial charge is 0.619 e. The van der Waals surface area contributed by atoms with Gasteiger partial charge in [-0.15, -0.1) is 0 Å². The topological polar surface area (TPSA) is 96.0 Å². The first kappa shape index (κ1) is 14.7. The van der Waals surface area contributed by atoms with Crippen LogP contribution in [0.2, 0.25) is 0 Å². The van der Waals surface area contributed by atoms with Crippen molar-refractivity contribution in [3.05, 3.63) is 40.7 Å². The fraction of sp³-hybridized carbons (Fsp3) is 0.556. The zero-order chi connectivity index (χ0) is 17.5. The number of carbonyl (C=O) groups excluding carboxylic acids is 1. The Hall–Kier alpha value is -2.48. The maximum Gasteiger partial charge on any atom is 0.272 e. The summed E-state index contributed by atoms with van der Waals surface area (Å²) in [5.74, 6) is 1.11. The standard InChI is InChI=1S/C18H19N5O3/c24-17(20-18-6-10(7-18)8-18)15-12-5-11-1-2-13(26-11)16(12)23(21-15)14-9-22(25)4-3-19-14/h3-4,9-11,13H,1-2,5-8H2,(H,20,24). The van der Waals surface area contributed by atoms with Crippen LogP contribution in [0.4, 0.5) is 0 Å². The zero-order valence-corrected chi connectivity index (χ0v) is 14.2. The van der Waals surface area contributed by atoms with Crippen molar-refractivity contribution in [1.82, 2.24) is 20.1 Å². The van der Waals surface area contributed by atoms with E-state index in [4.69, 9.17) is 4.74 Å². The number of carbonyl (C=O) groups is 1. The minimum Gasteiger partial charge on any atom is -0.619 e. The number of nitrogens with zero attached hydrogens (tertiary/aromatic N) is 4. The quantitative estimate of drug-likeness (QED) is 0.655. The van der Waals surface area contributed by atoms with E-state index in [1.54, 1.807) is 4.68 Å². The van der Waals surface area contributed by atoms with Crippen molar-refractivity contribution in [3.8, 4) is 5.82 Å². The van der Waals surface area contributed by atoms with E-state index >= 15 is 0 Å². The Bertz CT molecular complexity index is 922. The zero-order valence-electron chi connectivity index (χ0n) is 14.2. The number of nitrogens with one attached hydrogen (secondary N) is 1. The number of hydrogen-bond acceptors (Lipinski definition) is 5. The molecule has 8 nitrogen and oxygen atoms in total. The van der Waals surface area contributed by atoms with E-state index in [0.29, 0.717) is 22.7 Å². The van der Waals surface area contributed by atoms with Gasteiger partial charge in [0.15, 0.2) is 11.9 Å². The molecule has 1 N–H and O–H groups in total. The van der Waals surface area contributed by atoms with E-state index < -0.39 is 0 Å². The molecule has 4 fully saturated rings. The number of aromatic nitrogens is 4. The molecule has 5 aliphatic rings. The average Bonchev–Trinajstić information content (AvgIpc) is 3.12. The van der Waals surface area contributed by atoms with E-state index in [0.717, 1.165) is 49.3 Å². The highest BCUT2D eigenvalue weighted by atomic mass is 16.5. The smallest absolute Gasteiger partial charge is 0.272 e. The maximum atomic E-state index is 13.0. The summed E-state index contributed by atoms with van der Waals surface area (Å²) in [4.78, 5) is 17.3. The second-order valence-corrected chi connectivity index (χ2v) is 8.14. The van der Waals surface area contributed by atoms with Crippen molar-refractivity contribution >= 4 is 5.91 Å². The molecule has 2 atom stereocenters. The molecule has 2 unspecified atom stereocenters. The lowest BCUT2D eigenvalue weighted by atomic mass is 9.50. The van der Waals surface area contributed by atoms with Gasteiger partial charge in [-0.3, -0.25) is 4.79 Å². The predicted octanol–water partition coefficient (Wildman–Crippen LogP) is 0.959. The highest BCUT2D eigenvalue weighted by molar-refractivity contribution is 5.95. The molecule has 4 heterocycles. The molecule has 1 amide bonds. The minimum atomic E-state index is -0.106. The normalized spacial score (nSPS) is 33.2. The van der Waals surface area contributed by atoms with Crippen LogP contribution in [-0.4, -0.2) is 32.3 Å². The first-order valence-corrected chi connectivity index (χ1v) is 9.25. The fourth-order valence-electron chi connectivity index (χ4n) is 5.04. The molecule has 0 aromatic carbocycles. The lowest BCUT2D eigenvalue weighted by Crippen LogP contribution is -2.68. The van der Waals surface area contributed by atoms with E-state index in [-0.39, 0.29) is 23.7 Å². The minimum absolute atomic E-state index is 0.00555. The summed E-state index contributed by atoms with van der Waals surface area (Å²) in [6, 6.07) is 0. The van der Waals surface area contributed by atoms with Gasteiger partial charge in [-0.25, -0.2) is 9.67 Å². The Kier molecular flexibility index (Phi) is 2.72. The lowest BCUT2D eigenvalue weighted by Gasteiger charge is -2.61. The van der Waals surface area contributed by atoms with Gasteiger partial charge in [-0.1, -0.05) is 0 Å². The van der Waals surface area contributed by atoms with E-state index in [2.05, 4.69) is 15.4 Å². The molecular formula is C18H19N5O3. The van der Waals surface area contributed by atoms with Gasteiger partial charge in [0.1, 0.15) is 6.10 Å². The summed E-state index contributed by atoms with van der Waals surface area (Å²) in [6.45, 7) is 0. The van der Waals surface area contributed by atoms with E-state index in [1.165, 1.54) is 18.6 Å². The van der Waals surface area contributed by atoms with E-state index in [1.807, 2.05) is 0 Å². The Morgan fingerprint density at radius 3 is 2.96 bits per heavy atom. The average molecular weight is 353 g/mol. The second kappa shape index (κ2) is 4.82. The number of fused-ring (bicyclic) bond motifs is 4. The van der Waals surface area contributed by atoms with Gasteiger partial charge in [0.25, 0.3) is 5.91 Å². The molecule has 134 valence electrons. The molecule has 2 aromatic heterocycles. The van der Waals surface area contributed by atoms with Crippen LogP contribution < -0.4 is 10.0 Å². The van der Waals surface area contributed by atoms with Gasteiger partial charge in [-0.2, -0.15) is 9.83 Å². The third-order valence-electron chi connectivity index (χ3n) is 6.38. The Morgan fingerprint density at radius 1 is 1.38 bits per heavy atom. The molecule has 0 spiro atoms. The van der Waals surface area contributed by atoms with Crippen LogP contribution in [0.3, 0.4) is 0 Å². The fourth-order valence-corrected chi connectivity index (χ4v) is 5.04. The molecular weight excluding hydrogens is 334 g/mol. The van der Waals surface area contributed by atoms with Gasteiger partial charge >= 0.3 is 0 Å². The molecule has 26 heavy (non-hydrogen) atoms. The van der Waals surface area contributed by atoms with Gasteiger partial charge in [0.05, 0.1) is 18.0 Å². The first-order valence-electron chi connectivity index (χ1n) is 9.25. The molecule has 4 bridgehead atoms. The molecule has 3 aliphatic carbocycles. The van der Waals surface area contributed by atoms with Crippen LogP contribution in [-0.2, 0) is 11.2 Å². The Morgan fingerprint density at radius 2 is 2.23 bits per heavy atom.